The number of para-hydroxylation sites is 2. The van der Waals surface area contributed by atoms with E-state index in [4.69, 9.17) is 10.5 Å². The van der Waals surface area contributed by atoms with Gasteiger partial charge in [-0.05, 0) is 29.8 Å². The molecule has 112 valence electrons. The summed E-state index contributed by atoms with van der Waals surface area (Å²) in [5.41, 5.74) is 5.75. The predicted octanol–water partition coefficient (Wildman–Crippen LogP) is 3.89. The molecule has 0 aliphatic heterocycles. The first-order chi connectivity index (χ1) is 9.85. The Balaban J connectivity index is 2.11. The third-order valence-corrected chi connectivity index (χ3v) is 2.53. The van der Waals surface area contributed by atoms with Crippen LogP contribution in [0.25, 0.3) is 0 Å². The molecule has 0 amide bonds. The molecule has 2 aromatic rings. The topological polar surface area (TPSA) is 44.5 Å². The molecule has 0 spiro atoms. The van der Waals surface area contributed by atoms with Crippen LogP contribution in [0.15, 0.2) is 42.5 Å². The first kappa shape index (κ1) is 15.0. The fourth-order valence-electron chi connectivity index (χ4n) is 1.60. The van der Waals surface area contributed by atoms with Crippen molar-refractivity contribution in [2.75, 3.05) is 5.73 Å². The van der Waals surface area contributed by atoms with E-state index in [1.54, 1.807) is 0 Å². The Morgan fingerprint density at radius 1 is 1.00 bits per heavy atom. The van der Waals surface area contributed by atoms with Crippen molar-refractivity contribution in [3.8, 4) is 11.5 Å². The number of nitrogens with two attached hydrogens (primary N) is 1. The van der Waals surface area contributed by atoms with Crippen molar-refractivity contribution in [3.05, 3.63) is 53.8 Å². The Morgan fingerprint density at radius 3 is 2.29 bits per heavy atom. The maximum Gasteiger partial charge on any atom is 0.573 e. The number of rotatable bonds is 4. The van der Waals surface area contributed by atoms with Crippen LogP contribution in [0.2, 0.25) is 0 Å². The van der Waals surface area contributed by atoms with Crippen LogP contribution in [0, 0.1) is 5.82 Å². The molecule has 0 atom stereocenters. The fourth-order valence-corrected chi connectivity index (χ4v) is 1.60. The van der Waals surface area contributed by atoms with Crippen LogP contribution in [0.5, 0.6) is 11.5 Å². The molecule has 2 N–H and O–H groups in total. The highest BCUT2D eigenvalue weighted by atomic mass is 19.4. The smallest absolute Gasteiger partial charge is 0.485 e. The van der Waals surface area contributed by atoms with Gasteiger partial charge >= 0.3 is 6.36 Å². The Labute approximate surface area is 117 Å². The Bertz CT molecular complexity index is 629. The molecule has 0 fully saturated rings. The molecule has 0 heterocycles. The minimum Gasteiger partial charge on any atom is -0.485 e. The summed E-state index contributed by atoms with van der Waals surface area (Å²) >= 11 is 0. The van der Waals surface area contributed by atoms with Gasteiger partial charge < -0.3 is 15.2 Å². The molecular formula is C14H11F4NO2. The van der Waals surface area contributed by atoms with Crippen LogP contribution >= 0.6 is 0 Å². The molecule has 0 aliphatic rings. The molecule has 2 rings (SSSR count). The van der Waals surface area contributed by atoms with E-state index in [1.165, 1.54) is 30.3 Å². The number of hydrogen-bond acceptors (Lipinski definition) is 3. The van der Waals surface area contributed by atoms with E-state index in [0.717, 1.165) is 12.1 Å². The maximum absolute atomic E-state index is 13.3. The van der Waals surface area contributed by atoms with Gasteiger partial charge in [0.15, 0.2) is 11.5 Å². The van der Waals surface area contributed by atoms with E-state index in [0.29, 0.717) is 5.56 Å². The van der Waals surface area contributed by atoms with Crippen LogP contribution in [-0.2, 0) is 6.61 Å². The number of halogens is 4. The van der Waals surface area contributed by atoms with Crippen molar-refractivity contribution >= 4 is 5.69 Å². The van der Waals surface area contributed by atoms with E-state index in [1.807, 2.05) is 0 Å². The van der Waals surface area contributed by atoms with Crippen molar-refractivity contribution in [1.82, 2.24) is 0 Å². The van der Waals surface area contributed by atoms with Gasteiger partial charge in [-0.2, -0.15) is 0 Å². The summed E-state index contributed by atoms with van der Waals surface area (Å²) in [4.78, 5) is 0. The molecule has 0 saturated heterocycles. The lowest BCUT2D eigenvalue weighted by molar-refractivity contribution is -0.275. The third-order valence-electron chi connectivity index (χ3n) is 2.53. The highest BCUT2D eigenvalue weighted by Gasteiger charge is 2.32. The van der Waals surface area contributed by atoms with Gasteiger partial charge in [-0.3, -0.25) is 0 Å². The fraction of sp³-hybridized carbons (Fsp3) is 0.143. The third kappa shape index (κ3) is 4.27. The second-order valence-corrected chi connectivity index (χ2v) is 4.14. The lowest BCUT2D eigenvalue weighted by Gasteiger charge is -2.14. The zero-order chi connectivity index (χ0) is 15.5. The standard InChI is InChI=1S/C14H11F4NO2/c15-10-7-9(5-6-11(10)19)8-20-12-3-1-2-4-13(12)21-14(16,17)18/h1-7H,8,19H2. The van der Waals surface area contributed by atoms with Gasteiger partial charge in [-0.25, -0.2) is 4.39 Å². The second-order valence-electron chi connectivity index (χ2n) is 4.14. The summed E-state index contributed by atoms with van der Waals surface area (Å²) < 4.78 is 59.1. The van der Waals surface area contributed by atoms with E-state index >= 15 is 0 Å². The normalized spacial score (nSPS) is 11.2. The minimum absolute atomic E-state index is 0.0143. The summed E-state index contributed by atoms with van der Waals surface area (Å²) in [6, 6.07) is 9.38. The number of hydrogen-bond donors (Lipinski definition) is 1. The molecule has 0 aromatic heterocycles. The number of alkyl halides is 3. The Morgan fingerprint density at radius 2 is 1.67 bits per heavy atom. The van der Waals surface area contributed by atoms with E-state index in [2.05, 4.69) is 4.74 Å². The summed E-state index contributed by atoms with van der Waals surface area (Å²) in [6.07, 6.45) is -4.81. The molecule has 0 unspecified atom stereocenters. The SMILES string of the molecule is Nc1ccc(COc2ccccc2OC(F)(F)F)cc1F. The summed E-state index contributed by atoms with van der Waals surface area (Å²) in [6.45, 7) is -0.116. The first-order valence-corrected chi connectivity index (χ1v) is 5.86. The summed E-state index contributed by atoms with van der Waals surface area (Å²) in [7, 11) is 0. The zero-order valence-electron chi connectivity index (χ0n) is 10.7. The molecule has 2 aromatic carbocycles. The lowest BCUT2D eigenvalue weighted by Crippen LogP contribution is -2.17. The molecule has 0 bridgehead atoms. The van der Waals surface area contributed by atoms with E-state index in [-0.39, 0.29) is 18.0 Å². The largest absolute Gasteiger partial charge is 0.573 e. The van der Waals surface area contributed by atoms with Crippen LogP contribution < -0.4 is 15.2 Å². The molecule has 21 heavy (non-hydrogen) atoms. The van der Waals surface area contributed by atoms with Gasteiger partial charge in [0.05, 0.1) is 5.69 Å². The highest BCUT2D eigenvalue weighted by molar-refractivity contribution is 5.42. The first-order valence-electron chi connectivity index (χ1n) is 5.86. The number of anilines is 1. The van der Waals surface area contributed by atoms with E-state index in [9.17, 15) is 17.6 Å². The van der Waals surface area contributed by atoms with Crippen molar-refractivity contribution in [3.63, 3.8) is 0 Å². The molecule has 7 heteroatoms. The van der Waals surface area contributed by atoms with E-state index < -0.39 is 17.9 Å². The highest BCUT2D eigenvalue weighted by Crippen LogP contribution is 2.32. The van der Waals surface area contributed by atoms with Gasteiger partial charge in [-0.15, -0.1) is 13.2 Å². The molecular weight excluding hydrogens is 290 g/mol. The molecule has 0 saturated carbocycles. The Kier molecular flexibility index (Phi) is 4.21. The van der Waals surface area contributed by atoms with Crippen LogP contribution in [0.3, 0.4) is 0 Å². The molecule has 3 nitrogen and oxygen atoms in total. The van der Waals surface area contributed by atoms with Gasteiger partial charge in [0.25, 0.3) is 0 Å². The van der Waals surface area contributed by atoms with Gasteiger partial charge in [0, 0.05) is 0 Å². The molecule has 0 radical (unpaired) electrons. The predicted molar refractivity (Wildman–Crippen MR) is 68.3 cm³/mol. The second kappa shape index (κ2) is 5.90. The van der Waals surface area contributed by atoms with Gasteiger partial charge in [0.1, 0.15) is 12.4 Å². The van der Waals surface area contributed by atoms with Crippen molar-refractivity contribution in [2.24, 2.45) is 0 Å². The average molecular weight is 301 g/mol. The lowest BCUT2D eigenvalue weighted by atomic mass is 10.2. The van der Waals surface area contributed by atoms with Crippen molar-refractivity contribution in [1.29, 1.82) is 0 Å². The van der Waals surface area contributed by atoms with Gasteiger partial charge in [-0.1, -0.05) is 18.2 Å². The van der Waals surface area contributed by atoms with Crippen LogP contribution in [-0.4, -0.2) is 6.36 Å². The maximum atomic E-state index is 13.3. The molecule has 0 aliphatic carbocycles. The zero-order valence-corrected chi connectivity index (χ0v) is 10.7. The number of ether oxygens (including phenoxy) is 2. The van der Waals surface area contributed by atoms with Crippen LogP contribution in [0.4, 0.5) is 23.2 Å². The monoisotopic (exact) mass is 301 g/mol. The van der Waals surface area contributed by atoms with Crippen molar-refractivity contribution in [2.45, 2.75) is 13.0 Å². The summed E-state index contributed by atoms with van der Waals surface area (Å²) in [5.74, 6) is -1.16. The summed E-state index contributed by atoms with van der Waals surface area (Å²) in [5, 5.41) is 0. The van der Waals surface area contributed by atoms with Gasteiger partial charge in [0.2, 0.25) is 0 Å². The van der Waals surface area contributed by atoms with Crippen LogP contribution in [0.1, 0.15) is 5.56 Å². The van der Waals surface area contributed by atoms with Crippen molar-refractivity contribution < 1.29 is 27.0 Å². The Hall–Kier alpha value is -2.44. The number of nitrogen functional groups attached to an aromatic ring is 1. The number of benzene rings is 2. The average Bonchev–Trinajstić information content (AvgIpc) is 2.40. The minimum atomic E-state index is -4.81. The quantitative estimate of drug-likeness (QED) is 0.688.